The highest BCUT2D eigenvalue weighted by Crippen LogP contribution is 2.36. The van der Waals surface area contributed by atoms with Crippen LogP contribution in [0.5, 0.6) is 11.5 Å². The first-order chi connectivity index (χ1) is 16.0. The van der Waals surface area contributed by atoms with Gasteiger partial charge in [-0.1, -0.05) is 18.2 Å². The molecule has 0 spiro atoms. The van der Waals surface area contributed by atoms with E-state index < -0.39 is 5.54 Å². The lowest BCUT2D eigenvalue weighted by Gasteiger charge is -2.29. The molecule has 0 unspecified atom stereocenters. The van der Waals surface area contributed by atoms with E-state index in [2.05, 4.69) is 20.2 Å². The van der Waals surface area contributed by atoms with E-state index >= 15 is 0 Å². The fourth-order valence-electron chi connectivity index (χ4n) is 4.80. The van der Waals surface area contributed by atoms with Gasteiger partial charge in [0.25, 0.3) is 0 Å². The number of amides is 2. The molecule has 2 aliphatic rings. The molecule has 2 N–H and O–H groups in total. The van der Waals surface area contributed by atoms with Crippen molar-refractivity contribution in [3.8, 4) is 11.5 Å². The molecule has 1 fully saturated rings. The van der Waals surface area contributed by atoms with E-state index in [9.17, 15) is 9.59 Å². The highest BCUT2D eigenvalue weighted by molar-refractivity contribution is 5.80. The molecule has 3 aromatic rings. The Kier molecular flexibility index (Phi) is 5.66. The van der Waals surface area contributed by atoms with Crippen molar-refractivity contribution < 1.29 is 19.1 Å². The normalized spacial score (nSPS) is 19.1. The lowest BCUT2D eigenvalue weighted by atomic mass is 9.85. The number of aryl methyl sites for hydroxylation is 1. The SMILES string of the molecule is Cn1c(CCNC(=O)CC[C@@]2(Cc3ccc4c(c3)OCO4)CCC(=O)N2)nc2ccccc21. The summed E-state index contributed by atoms with van der Waals surface area (Å²) in [5.74, 6) is 2.44. The Balaban J connectivity index is 1.17. The summed E-state index contributed by atoms with van der Waals surface area (Å²) in [7, 11) is 2.00. The standard InChI is InChI=1S/C25H28N4O4/c1-29-19-5-3-2-4-18(19)27-22(29)10-13-26-23(30)8-11-25(12-9-24(31)28-25)15-17-6-7-20-21(14-17)33-16-32-20/h2-7,14H,8-13,15-16H2,1H3,(H,26,30)(H,28,31)/t25-/m0/s1. The molecule has 1 aromatic heterocycles. The molecule has 2 amide bonds. The van der Waals surface area contributed by atoms with Crippen LogP contribution in [0.25, 0.3) is 11.0 Å². The van der Waals surface area contributed by atoms with E-state index in [0.717, 1.165) is 33.9 Å². The second kappa shape index (κ2) is 8.77. The number of nitrogens with zero attached hydrogens (tertiary/aromatic N) is 2. The zero-order valence-corrected chi connectivity index (χ0v) is 18.7. The molecule has 1 saturated heterocycles. The van der Waals surface area contributed by atoms with Crippen molar-refractivity contribution in [1.29, 1.82) is 0 Å². The van der Waals surface area contributed by atoms with Crippen molar-refractivity contribution >= 4 is 22.8 Å². The molecule has 8 nitrogen and oxygen atoms in total. The fourth-order valence-corrected chi connectivity index (χ4v) is 4.80. The highest BCUT2D eigenvalue weighted by Gasteiger charge is 2.38. The van der Waals surface area contributed by atoms with Crippen LogP contribution in [-0.2, 0) is 29.5 Å². The number of nitrogens with one attached hydrogen (secondary N) is 2. The summed E-state index contributed by atoms with van der Waals surface area (Å²) in [6, 6.07) is 13.9. The monoisotopic (exact) mass is 448 g/mol. The molecular weight excluding hydrogens is 420 g/mol. The zero-order valence-electron chi connectivity index (χ0n) is 18.7. The number of carbonyl (C=O) groups is 2. The number of carbonyl (C=O) groups excluding carboxylic acids is 2. The molecule has 172 valence electrons. The van der Waals surface area contributed by atoms with Crippen LogP contribution in [0.1, 0.15) is 37.1 Å². The van der Waals surface area contributed by atoms with Crippen LogP contribution in [0.4, 0.5) is 0 Å². The minimum Gasteiger partial charge on any atom is -0.454 e. The average Bonchev–Trinajstić information content (AvgIpc) is 3.51. The molecule has 0 bridgehead atoms. The Labute approximate surface area is 192 Å². The molecular formula is C25H28N4O4. The van der Waals surface area contributed by atoms with Crippen LogP contribution in [0, 0.1) is 0 Å². The predicted molar refractivity (Wildman–Crippen MR) is 123 cm³/mol. The van der Waals surface area contributed by atoms with E-state index in [1.807, 2.05) is 49.5 Å². The first-order valence-electron chi connectivity index (χ1n) is 11.4. The van der Waals surface area contributed by atoms with Crippen molar-refractivity contribution in [1.82, 2.24) is 20.2 Å². The van der Waals surface area contributed by atoms with Gasteiger partial charge in [-0.25, -0.2) is 4.98 Å². The molecule has 5 rings (SSSR count). The zero-order chi connectivity index (χ0) is 22.8. The van der Waals surface area contributed by atoms with Crippen molar-refractivity contribution in [2.24, 2.45) is 7.05 Å². The first kappa shape index (κ1) is 21.3. The Bertz CT molecular complexity index is 1200. The number of ether oxygens (including phenoxy) is 2. The van der Waals surface area contributed by atoms with Crippen LogP contribution in [-0.4, -0.2) is 40.2 Å². The van der Waals surface area contributed by atoms with Gasteiger partial charge in [0.1, 0.15) is 5.82 Å². The summed E-state index contributed by atoms with van der Waals surface area (Å²) in [5.41, 5.74) is 2.69. The Morgan fingerprint density at radius 1 is 1.21 bits per heavy atom. The van der Waals surface area contributed by atoms with E-state index in [1.165, 1.54) is 0 Å². The number of rotatable bonds is 8. The van der Waals surface area contributed by atoms with Gasteiger partial charge in [0, 0.05) is 38.4 Å². The Morgan fingerprint density at radius 2 is 2.06 bits per heavy atom. The minimum absolute atomic E-state index is 0.0139. The third-order valence-corrected chi connectivity index (χ3v) is 6.60. The molecule has 8 heteroatoms. The molecule has 33 heavy (non-hydrogen) atoms. The van der Waals surface area contributed by atoms with Crippen LogP contribution in [0.2, 0.25) is 0 Å². The van der Waals surface area contributed by atoms with Crippen LogP contribution in [0.3, 0.4) is 0 Å². The summed E-state index contributed by atoms with van der Waals surface area (Å²) in [4.78, 5) is 29.3. The van der Waals surface area contributed by atoms with Gasteiger partial charge in [-0.3, -0.25) is 9.59 Å². The molecule has 1 atom stereocenters. The topological polar surface area (TPSA) is 94.5 Å². The van der Waals surface area contributed by atoms with Gasteiger partial charge in [-0.2, -0.15) is 0 Å². The average molecular weight is 449 g/mol. The Hall–Kier alpha value is -3.55. The summed E-state index contributed by atoms with van der Waals surface area (Å²) in [6.45, 7) is 0.757. The quantitative estimate of drug-likeness (QED) is 0.553. The number of fused-ring (bicyclic) bond motifs is 2. The third kappa shape index (κ3) is 4.51. The van der Waals surface area contributed by atoms with E-state index in [4.69, 9.17) is 9.47 Å². The van der Waals surface area contributed by atoms with Gasteiger partial charge < -0.3 is 24.7 Å². The van der Waals surface area contributed by atoms with Crippen molar-refractivity contribution in [2.75, 3.05) is 13.3 Å². The second-order valence-electron chi connectivity index (χ2n) is 8.87. The van der Waals surface area contributed by atoms with Crippen molar-refractivity contribution in [3.63, 3.8) is 0 Å². The lowest BCUT2D eigenvalue weighted by Crippen LogP contribution is -2.44. The van der Waals surface area contributed by atoms with Gasteiger partial charge in [0.05, 0.1) is 11.0 Å². The Morgan fingerprint density at radius 3 is 2.88 bits per heavy atom. The maximum absolute atomic E-state index is 12.6. The lowest BCUT2D eigenvalue weighted by molar-refractivity contribution is -0.122. The fraction of sp³-hybridized carbons (Fsp3) is 0.400. The molecule has 2 aliphatic heterocycles. The molecule has 0 radical (unpaired) electrons. The van der Waals surface area contributed by atoms with Gasteiger partial charge in [0.2, 0.25) is 18.6 Å². The van der Waals surface area contributed by atoms with Gasteiger partial charge in [-0.15, -0.1) is 0 Å². The second-order valence-corrected chi connectivity index (χ2v) is 8.87. The van der Waals surface area contributed by atoms with E-state index in [1.54, 1.807) is 0 Å². The number of hydrogen-bond donors (Lipinski definition) is 2. The smallest absolute Gasteiger partial charge is 0.231 e. The maximum atomic E-state index is 12.6. The van der Waals surface area contributed by atoms with Gasteiger partial charge in [-0.05, 0) is 49.1 Å². The summed E-state index contributed by atoms with van der Waals surface area (Å²) in [6.07, 6.45) is 3.46. The molecule has 0 aliphatic carbocycles. The predicted octanol–water partition coefficient (Wildman–Crippen LogP) is 2.63. The van der Waals surface area contributed by atoms with Crippen molar-refractivity contribution in [3.05, 3.63) is 53.9 Å². The first-order valence-corrected chi connectivity index (χ1v) is 11.4. The maximum Gasteiger partial charge on any atom is 0.231 e. The third-order valence-electron chi connectivity index (χ3n) is 6.60. The van der Waals surface area contributed by atoms with Crippen molar-refractivity contribution in [2.45, 2.75) is 44.1 Å². The van der Waals surface area contributed by atoms with E-state index in [-0.39, 0.29) is 18.6 Å². The van der Waals surface area contributed by atoms with Crippen LogP contribution >= 0.6 is 0 Å². The van der Waals surface area contributed by atoms with E-state index in [0.29, 0.717) is 45.1 Å². The van der Waals surface area contributed by atoms with Gasteiger partial charge in [0.15, 0.2) is 11.5 Å². The number of imidazole rings is 1. The summed E-state index contributed by atoms with van der Waals surface area (Å²) >= 11 is 0. The molecule has 0 saturated carbocycles. The highest BCUT2D eigenvalue weighted by atomic mass is 16.7. The molecule has 2 aromatic carbocycles. The van der Waals surface area contributed by atoms with Crippen LogP contribution < -0.4 is 20.1 Å². The minimum atomic E-state index is -0.417. The summed E-state index contributed by atoms with van der Waals surface area (Å²) in [5, 5.41) is 6.15. The van der Waals surface area contributed by atoms with Crippen LogP contribution in [0.15, 0.2) is 42.5 Å². The largest absolute Gasteiger partial charge is 0.454 e. The number of hydrogen-bond acceptors (Lipinski definition) is 5. The molecule has 3 heterocycles. The van der Waals surface area contributed by atoms with Gasteiger partial charge >= 0.3 is 0 Å². The number of para-hydroxylation sites is 2. The summed E-state index contributed by atoms with van der Waals surface area (Å²) < 4.78 is 12.9. The number of aromatic nitrogens is 2. The number of benzene rings is 2.